The fourth-order valence-corrected chi connectivity index (χ4v) is 3.46. The Hall–Kier alpha value is -1.64. The van der Waals surface area contributed by atoms with Gasteiger partial charge in [-0.1, -0.05) is 15.9 Å². The minimum absolute atomic E-state index is 0.153. The second-order valence-electron chi connectivity index (χ2n) is 4.12. The molecule has 0 saturated heterocycles. The summed E-state index contributed by atoms with van der Waals surface area (Å²) >= 11 is 3.32. The molecule has 4 N–H and O–H groups in total. The van der Waals surface area contributed by atoms with E-state index < -0.39 is 10.0 Å². The van der Waals surface area contributed by atoms with Gasteiger partial charge >= 0.3 is 0 Å². The summed E-state index contributed by atoms with van der Waals surface area (Å²) in [6.07, 6.45) is 1.39. The van der Waals surface area contributed by atoms with Gasteiger partial charge in [0.2, 0.25) is 5.03 Å². The minimum atomic E-state index is -3.81. The zero-order valence-electron chi connectivity index (χ0n) is 10.6. The third kappa shape index (κ3) is 3.27. The summed E-state index contributed by atoms with van der Waals surface area (Å²) in [6, 6.07) is 8.40. The summed E-state index contributed by atoms with van der Waals surface area (Å²) in [5, 5.41) is -0.153. The molecule has 0 aliphatic rings. The lowest BCUT2D eigenvalue weighted by Gasteiger charge is -2.11. The van der Waals surface area contributed by atoms with Gasteiger partial charge in [0.25, 0.3) is 10.0 Å². The average Bonchev–Trinajstić information content (AvgIpc) is 2.36. The van der Waals surface area contributed by atoms with E-state index in [1.165, 1.54) is 12.3 Å². The van der Waals surface area contributed by atoms with E-state index in [-0.39, 0.29) is 10.7 Å². The molecule has 106 valence electrons. The van der Waals surface area contributed by atoms with E-state index >= 15 is 0 Å². The molecular weight excluding hydrogens is 344 g/mol. The van der Waals surface area contributed by atoms with Crippen molar-refractivity contribution in [2.75, 3.05) is 10.1 Å². The summed E-state index contributed by atoms with van der Waals surface area (Å²) < 4.78 is 27.9. The number of rotatable bonds is 4. The zero-order chi connectivity index (χ0) is 14.8. The molecule has 0 radical (unpaired) electrons. The van der Waals surface area contributed by atoms with Gasteiger partial charge in [-0.05, 0) is 42.8 Å². The van der Waals surface area contributed by atoms with Crippen molar-refractivity contribution in [3.8, 4) is 0 Å². The highest BCUT2D eigenvalue weighted by Gasteiger charge is 2.20. The number of nitrogens with one attached hydrogen (secondary N) is 2. The third-order valence-electron chi connectivity index (χ3n) is 2.48. The molecule has 0 aliphatic heterocycles. The molecule has 2 rings (SSSR count). The molecule has 0 atom stereocenters. The van der Waals surface area contributed by atoms with Crippen LogP contribution in [0.5, 0.6) is 0 Å². The fourth-order valence-electron chi connectivity index (χ4n) is 1.71. The second-order valence-corrected chi connectivity index (χ2v) is 6.64. The largest absolute Gasteiger partial charge is 0.321 e. The van der Waals surface area contributed by atoms with Gasteiger partial charge in [-0.3, -0.25) is 10.6 Å². The van der Waals surface area contributed by atoms with E-state index in [1.54, 1.807) is 18.2 Å². The normalized spacial score (nSPS) is 11.2. The fraction of sp³-hybridized carbons (Fsp3) is 0.0833. The van der Waals surface area contributed by atoms with Crippen molar-refractivity contribution in [2.24, 2.45) is 5.84 Å². The molecule has 0 spiro atoms. The molecule has 0 unspecified atom stereocenters. The van der Waals surface area contributed by atoms with Gasteiger partial charge in [-0.15, -0.1) is 0 Å². The van der Waals surface area contributed by atoms with E-state index in [4.69, 9.17) is 5.84 Å². The first kappa shape index (κ1) is 14.8. The summed E-state index contributed by atoms with van der Waals surface area (Å²) in [7, 11) is -3.81. The molecule has 1 aromatic carbocycles. The molecule has 0 bridgehead atoms. The first-order chi connectivity index (χ1) is 9.42. The van der Waals surface area contributed by atoms with Gasteiger partial charge in [-0.2, -0.15) is 8.42 Å². The Morgan fingerprint density at radius 3 is 2.70 bits per heavy atom. The molecular formula is C12H13BrN4O2S. The summed E-state index contributed by atoms with van der Waals surface area (Å²) in [5.41, 5.74) is 3.92. The van der Waals surface area contributed by atoms with Crippen LogP contribution in [0.4, 0.5) is 11.4 Å². The maximum Gasteiger partial charge on any atom is 0.281 e. The van der Waals surface area contributed by atoms with Gasteiger partial charge in [0.1, 0.15) is 0 Å². The van der Waals surface area contributed by atoms with E-state index in [9.17, 15) is 8.42 Å². The van der Waals surface area contributed by atoms with Crippen LogP contribution in [-0.2, 0) is 10.0 Å². The smallest absolute Gasteiger partial charge is 0.281 e. The van der Waals surface area contributed by atoms with Crippen LogP contribution >= 0.6 is 15.9 Å². The molecule has 8 heteroatoms. The number of nitrogen functional groups attached to an aromatic ring is 1. The number of sulfonamides is 1. The van der Waals surface area contributed by atoms with Gasteiger partial charge in [0.15, 0.2) is 0 Å². The van der Waals surface area contributed by atoms with Gasteiger partial charge in [-0.25, -0.2) is 4.98 Å². The number of nitrogens with zero attached hydrogens (tertiary/aromatic N) is 1. The van der Waals surface area contributed by atoms with E-state index in [2.05, 4.69) is 31.1 Å². The number of benzene rings is 1. The Morgan fingerprint density at radius 2 is 2.05 bits per heavy atom. The van der Waals surface area contributed by atoms with Crippen molar-refractivity contribution in [1.29, 1.82) is 0 Å². The number of hydrazine groups is 1. The lowest BCUT2D eigenvalue weighted by atomic mass is 10.2. The Morgan fingerprint density at radius 1 is 1.30 bits per heavy atom. The Balaban J connectivity index is 2.41. The van der Waals surface area contributed by atoms with Crippen molar-refractivity contribution in [1.82, 2.24) is 4.98 Å². The molecule has 0 fully saturated rings. The number of pyridine rings is 1. The molecule has 0 amide bonds. The predicted molar refractivity (Wildman–Crippen MR) is 81.7 cm³/mol. The standard InChI is InChI=1S/C12H13BrN4O2S/c1-8-5-9(13)7-10(6-8)17-20(18,19)12-11(16-14)3-2-4-15-12/h2-7,16-17H,14H2,1H3. The SMILES string of the molecule is Cc1cc(Br)cc(NS(=O)(=O)c2ncccc2NN)c1. The maximum absolute atomic E-state index is 12.3. The number of aryl methyl sites for hydroxylation is 1. The lowest BCUT2D eigenvalue weighted by molar-refractivity contribution is 0.598. The number of hydrogen-bond acceptors (Lipinski definition) is 5. The number of aromatic nitrogens is 1. The van der Waals surface area contributed by atoms with Crippen molar-refractivity contribution < 1.29 is 8.42 Å². The summed E-state index contributed by atoms with van der Waals surface area (Å²) in [6.45, 7) is 1.87. The minimum Gasteiger partial charge on any atom is -0.321 e. The quantitative estimate of drug-likeness (QED) is 0.576. The molecule has 1 aromatic heterocycles. The predicted octanol–water partition coefficient (Wildman–Crippen LogP) is 2.24. The number of nitrogens with two attached hydrogens (primary N) is 1. The Bertz CT molecular complexity index is 714. The zero-order valence-corrected chi connectivity index (χ0v) is 13.0. The van der Waals surface area contributed by atoms with Crippen molar-refractivity contribution in [3.63, 3.8) is 0 Å². The highest BCUT2D eigenvalue weighted by Crippen LogP contribution is 2.24. The first-order valence-electron chi connectivity index (χ1n) is 5.64. The average molecular weight is 357 g/mol. The monoisotopic (exact) mass is 356 g/mol. The Labute approximate surface area is 125 Å². The highest BCUT2D eigenvalue weighted by molar-refractivity contribution is 9.10. The summed E-state index contributed by atoms with van der Waals surface area (Å²) in [5.74, 6) is 5.30. The molecule has 1 heterocycles. The van der Waals surface area contributed by atoms with E-state index in [0.717, 1.165) is 10.0 Å². The van der Waals surface area contributed by atoms with E-state index in [1.807, 2.05) is 13.0 Å². The summed E-state index contributed by atoms with van der Waals surface area (Å²) in [4.78, 5) is 3.86. The number of hydrogen-bond donors (Lipinski definition) is 3. The first-order valence-corrected chi connectivity index (χ1v) is 7.91. The van der Waals surface area contributed by atoms with E-state index in [0.29, 0.717) is 5.69 Å². The van der Waals surface area contributed by atoms with Crippen LogP contribution in [0.1, 0.15) is 5.56 Å². The van der Waals surface area contributed by atoms with Crippen LogP contribution in [0.2, 0.25) is 0 Å². The van der Waals surface area contributed by atoms with Crippen LogP contribution in [0, 0.1) is 6.92 Å². The van der Waals surface area contributed by atoms with Crippen molar-refractivity contribution >= 4 is 37.3 Å². The lowest BCUT2D eigenvalue weighted by Crippen LogP contribution is -2.19. The maximum atomic E-state index is 12.3. The van der Waals surface area contributed by atoms with Crippen LogP contribution in [0.3, 0.4) is 0 Å². The number of anilines is 2. The Kier molecular flexibility index (Phi) is 4.26. The van der Waals surface area contributed by atoms with Crippen LogP contribution < -0.4 is 16.0 Å². The van der Waals surface area contributed by atoms with Gasteiger partial charge in [0.05, 0.1) is 11.4 Å². The highest BCUT2D eigenvalue weighted by atomic mass is 79.9. The topological polar surface area (TPSA) is 97.1 Å². The third-order valence-corrected chi connectivity index (χ3v) is 4.27. The molecule has 20 heavy (non-hydrogen) atoms. The van der Waals surface area contributed by atoms with Crippen molar-refractivity contribution in [3.05, 3.63) is 46.6 Å². The van der Waals surface area contributed by atoms with Gasteiger partial charge < -0.3 is 5.43 Å². The van der Waals surface area contributed by atoms with Crippen molar-refractivity contribution in [2.45, 2.75) is 11.9 Å². The second kappa shape index (κ2) is 5.78. The molecule has 0 saturated carbocycles. The molecule has 6 nitrogen and oxygen atoms in total. The van der Waals surface area contributed by atoms with Crippen LogP contribution in [-0.4, -0.2) is 13.4 Å². The van der Waals surface area contributed by atoms with Crippen LogP contribution in [0.25, 0.3) is 0 Å². The van der Waals surface area contributed by atoms with Crippen LogP contribution in [0.15, 0.2) is 46.0 Å². The number of halogens is 1. The molecule has 2 aromatic rings. The van der Waals surface area contributed by atoms with Gasteiger partial charge in [0, 0.05) is 10.7 Å². The molecule has 0 aliphatic carbocycles.